The van der Waals surface area contributed by atoms with Crippen molar-refractivity contribution in [2.45, 2.75) is 50.6 Å². The van der Waals surface area contributed by atoms with Gasteiger partial charge in [0.1, 0.15) is 11.6 Å². The molecule has 2 aliphatic carbocycles. The average molecular weight is 627 g/mol. The molecule has 39 heavy (non-hydrogen) atoms. The summed E-state index contributed by atoms with van der Waals surface area (Å²) in [7, 11) is -11.3. The lowest BCUT2D eigenvalue weighted by Crippen LogP contribution is -2.62. The van der Waals surface area contributed by atoms with Crippen molar-refractivity contribution in [3.8, 4) is 0 Å². The molecular weight excluding hydrogens is 596 g/mol. The van der Waals surface area contributed by atoms with E-state index in [1.54, 1.807) is 0 Å². The van der Waals surface area contributed by atoms with Crippen molar-refractivity contribution in [2.75, 3.05) is 31.9 Å². The summed E-state index contributed by atoms with van der Waals surface area (Å²) < 4.78 is 109. The van der Waals surface area contributed by atoms with Gasteiger partial charge < -0.3 is 18.9 Å². The fourth-order valence-corrected chi connectivity index (χ4v) is 5.33. The van der Waals surface area contributed by atoms with Crippen molar-refractivity contribution >= 4 is 53.5 Å². The summed E-state index contributed by atoms with van der Waals surface area (Å²) in [5.74, 6) is -6.70. The monoisotopic (exact) mass is 626 g/mol. The Morgan fingerprint density at radius 1 is 0.641 bits per heavy atom. The van der Waals surface area contributed by atoms with E-state index < -0.39 is 89.9 Å². The molecule has 6 atom stereocenters. The Morgan fingerprint density at radius 2 is 1.00 bits per heavy atom. The lowest BCUT2D eigenvalue weighted by atomic mass is 9.80. The van der Waals surface area contributed by atoms with Crippen LogP contribution in [0.2, 0.25) is 0 Å². The number of ether oxygens (including phenoxy) is 4. The van der Waals surface area contributed by atoms with Crippen LogP contribution >= 0.6 is 0 Å². The van der Waals surface area contributed by atoms with Crippen LogP contribution in [-0.4, -0.2) is 118 Å². The minimum Gasteiger partial charge on any atom is -0.370 e. The molecule has 2 rings (SSSR count). The summed E-state index contributed by atoms with van der Waals surface area (Å²) in [6, 6.07) is 0. The third kappa shape index (κ3) is 11.3. The summed E-state index contributed by atoms with van der Waals surface area (Å²) in [4.78, 5) is 47.4. The third-order valence-corrected chi connectivity index (χ3v) is 7.37. The second kappa shape index (κ2) is 14.2. The second-order valence-electron chi connectivity index (χ2n) is 8.58. The maximum atomic E-state index is 12.3. The van der Waals surface area contributed by atoms with Crippen LogP contribution < -0.4 is 0 Å². The van der Waals surface area contributed by atoms with Gasteiger partial charge in [0.25, 0.3) is 30.4 Å². The van der Waals surface area contributed by atoms with Crippen LogP contribution in [0.4, 0.5) is 0 Å². The largest absolute Gasteiger partial charge is 0.370 e. The SMILES string of the molecule is CCC1CC(=O)C(CS(=O)(=O)O)CC1=O.COC1C(=O)C(OCS(=O)(=O)O)C(OCS(=O)(=O)O)C(=O)C1OC. The number of carbonyl (C=O) groups is 4. The van der Waals surface area contributed by atoms with E-state index in [9.17, 15) is 44.4 Å². The second-order valence-corrected chi connectivity index (χ2v) is 12.9. The van der Waals surface area contributed by atoms with Gasteiger partial charge in [0.15, 0.2) is 47.9 Å². The van der Waals surface area contributed by atoms with E-state index in [1.165, 1.54) is 0 Å². The fraction of sp³-hybridized carbons (Fsp3) is 0.789. The van der Waals surface area contributed by atoms with Crippen LogP contribution in [0.25, 0.3) is 0 Å². The number of rotatable bonds is 11. The highest BCUT2D eigenvalue weighted by molar-refractivity contribution is 7.86. The van der Waals surface area contributed by atoms with Crippen molar-refractivity contribution in [3.63, 3.8) is 0 Å². The molecule has 0 saturated heterocycles. The van der Waals surface area contributed by atoms with Gasteiger partial charge in [0, 0.05) is 38.9 Å². The van der Waals surface area contributed by atoms with Crippen LogP contribution in [0.1, 0.15) is 26.2 Å². The van der Waals surface area contributed by atoms with Crippen molar-refractivity contribution < 1.29 is 77.0 Å². The molecule has 2 fully saturated rings. The van der Waals surface area contributed by atoms with Crippen LogP contribution in [0, 0.1) is 11.8 Å². The van der Waals surface area contributed by atoms with Gasteiger partial charge in [-0.1, -0.05) is 6.92 Å². The van der Waals surface area contributed by atoms with Crippen molar-refractivity contribution in [3.05, 3.63) is 0 Å². The highest BCUT2D eigenvalue weighted by Crippen LogP contribution is 2.26. The first kappa shape index (κ1) is 35.3. The zero-order valence-electron chi connectivity index (χ0n) is 21.0. The summed E-state index contributed by atoms with van der Waals surface area (Å²) in [5.41, 5.74) is 0. The molecular formula is C19H30O17S3. The molecule has 17 nitrogen and oxygen atoms in total. The molecule has 0 spiro atoms. The molecule has 3 N–H and O–H groups in total. The quantitative estimate of drug-likeness (QED) is 0.211. The Morgan fingerprint density at radius 3 is 1.31 bits per heavy atom. The van der Waals surface area contributed by atoms with E-state index in [2.05, 4.69) is 9.47 Å². The van der Waals surface area contributed by atoms with Gasteiger partial charge in [-0.05, 0) is 6.42 Å². The van der Waals surface area contributed by atoms with E-state index in [-0.39, 0.29) is 30.3 Å². The summed E-state index contributed by atoms with van der Waals surface area (Å²) >= 11 is 0. The molecule has 0 aromatic carbocycles. The average Bonchev–Trinajstić information content (AvgIpc) is 2.78. The van der Waals surface area contributed by atoms with Gasteiger partial charge in [0.2, 0.25) is 0 Å². The predicted octanol–water partition coefficient (Wildman–Crippen LogP) is -1.92. The molecule has 0 heterocycles. The van der Waals surface area contributed by atoms with Gasteiger partial charge >= 0.3 is 0 Å². The Bertz CT molecular complexity index is 1180. The normalized spacial score (nSPS) is 28.7. The zero-order chi connectivity index (χ0) is 30.3. The molecule has 20 heteroatoms. The number of hydrogen-bond donors (Lipinski definition) is 3. The van der Waals surface area contributed by atoms with Gasteiger partial charge in [-0.25, -0.2) is 0 Å². The number of carbonyl (C=O) groups excluding carboxylic acids is 4. The topological polar surface area (TPSA) is 268 Å². The molecule has 0 aromatic heterocycles. The predicted molar refractivity (Wildman–Crippen MR) is 127 cm³/mol. The highest BCUT2D eigenvalue weighted by atomic mass is 32.2. The van der Waals surface area contributed by atoms with Crippen LogP contribution in [0.15, 0.2) is 0 Å². The molecule has 0 aromatic rings. The first-order valence-electron chi connectivity index (χ1n) is 11.0. The summed E-state index contributed by atoms with van der Waals surface area (Å²) in [5, 5.41) is 0. The first-order chi connectivity index (χ1) is 17.7. The van der Waals surface area contributed by atoms with E-state index in [1.807, 2.05) is 6.92 Å². The standard InChI is InChI=1S/C10H16O12S2.C9H14O5S/c1-19-7-5(11)9(21-3-23(13,14)15)10(6(12)8(7)20-2)22-4-24(16,17)18;1-2-6-3-9(11)7(4-8(6)10)5-15(12,13)14/h7-10H,3-4H2,1-2H3,(H,13,14,15)(H,16,17,18);6-7H,2-5H2,1H3,(H,12,13,14). The van der Waals surface area contributed by atoms with Crippen LogP contribution in [0.3, 0.4) is 0 Å². The van der Waals surface area contributed by atoms with E-state index in [4.69, 9.17) is 23.1 Å². The molecule has 2 saturated carbocycles. The molecule has 0 radical (unpaired) electrons. The molecule has 226 valence electrons. The minimum absolute atomic E-state index is 0.0584. The lowest BCUT2D eigenvalue weighted by molar-refractivity contribution is -0.182. The molecule has 0 aliphatic heterocycles. The van der Waals surface area contributed by atoms with Gasteiger partial charge in [-0.3, -0.25) is 32.8 Å². The summed E-state index contributed by atoms with van der Waals surface area (Å²) in [6.45, 7) is 1.82. The van der Waals surface area contributed by atoms with Gasteiger partial charge in [0.05, 0.1) is 5.75 Å². The molecule has 6 unspecified atom stereocenters. The third-order valence-electron chi connectivity index (χ3n) is 5.68. The van der Waals surface area contributed by atoms with Gasteiger partial charge in [-0.15, -0.1) is 0 Å². The van der Waals surface area contributed by atoms with Crippen LogP contribution in [-0.2, 0) is 68.5 Å². The number of hydrogen-bond acceptors (Lipinski definition) is 14. The Kier molecular flexibility index (Phi) is 12.9. The number of ketones is 4. The van der Waals surface area contributed by atoms with Crippen LogP contribution in [0.5, 0.6) is 0 Å². The van der Waals surface area contributed by atoms with Gasteiger partial charge in [-0.2, -0.15) is 25.3 Å². The molecule has 2 aliphatic rings. The minimum atomic E-state index is -4.66. The summed E-state index contributed by atoms with van der Waals surface area (Å²) in [6.07, 6.45) is -6.05. The number of Topliss-reactive ketones (excluding diaryl/α,β-unsaturated/α-hetero) is 4. The first-order valence-corrected chi connectivity index (χ1v) is 15.8. The lowest BCUT2D eigenvalue weighted by Gasteiger charge is -2.36. The zero-order valence-corrected chi connectivity index (χ0v) is 23.4. The number of methoxy groups -OCH3 is 2. The van der Waals surface area contributed by atoms with E-state index in [0.717, 1.165) is 14.2 Å². The van der Waals surface area contributed by atoms with Crippen molar-refractivity contribution in [2.24, 2.45) is 11.8 Å². The Balaban J connectivity index is 0.000000434. The fourth-order valence-electron chi connectivity index (χ4n) is 3.88. The Hall–Kier alpha value is -1.75. The van der Waals surface area contributed by atoms with Crippen molar-refractivity contribution in [1.82, 2.24) is 0 Å². The van der Waals surface area contributed by atoms with E-state index in [0.29, 0.717) is 6.42 Å². The molecule has 0 amide bonds. The Labute approximate surface area is 224 Å². The highest BCUT2D eigenvalue weighted by Gasteiger charge is 2.52. The maximum Gasteiger partial charge on any atom is 0.289 e. The molecule has 0 bridgehead atoms. The van der Waals surface area contributed by atoms with Crippen molar-refractivity contribution in [1.29, 1.82) is 0 Å². The van der Waals surface area contributed by atoms with E-state index >= 15 is 0 Å². The maximum absolute atomic E-state index is 12.3. The smallest absolute Gasteiger partial charge is 0.289 e.